The first-order chi connectivity index (χ1) is 8.04. The lowest BCUT2D eigenvalue weighted by Gasteiger charge is -2.17. The molecule has 1 aromatic heterocycles. The van der Waals surface area contributed by atoms with Crippen LogP contribution in [-0.4, -0.2) is 53.0 Å². The highest BCUT2D eigenvalue weighted by Gasteiger charge is 2.34. The van der Waals surface area contributed by atoms with E-state index in [9.17, 15) is 8.42 Å². The number of rotatable bonds is 4. The van der Waals surface area contributed by atoms with E-state index in [-0.39, 0.29) is 0 Å². The Morgan fingerprint density at radius 3 is 2.59 bits per heavy atom. The van der Waals surface area contributed by atoms with Gasteiger partial charge >= 0.3 is 0 Å². The summed E-state index contributed by atoms with van der Waals surface area (Å²) in [5.74, 6) is 0.449. The van der Waals surface area contributed by atoms with Gasteiger partial charge in [-0.1, -0.05) is 6.92 Å². The van der Waals surface area contributed by atoms with Crippen LogP contribution in [0.2, 0.25) is 0 Å². The van der Waals surface area contributed by atoms with E-state index in [0.29, 0.717) is 38.5 Å². The van der Waals surface area contributed by atoms with Crippen molar-refractivity contribution in [3.05, 3.63) is 12.3 Å². The molecule has 0 saturated carbocycles. The Labute approximate surface area is 101 Å². The Bertz CT molecular complexity index is 483. The van der Waals surface area contributed by atoms with Gasteiger partial charge in [-0.05, 0) is 6.07 Å². The zero-order valence-corrected chi connectivity index (χ0v) is 10.6. The van der Waals surface area contributed by atoms with Gasteiger partial charge in [-0.15, -0.1) is 0 Å². The van der Waals surface area contributed by atoms with Crippen molar-refractivity contribution in [2.45, 2.75) is 13.5 Å². The first-order valence-corrected chi connectivity index (χ1v) is 6.98. The third kappa shape index (κ3) is 2.43. The summed E-state index contributed by atoms with van der Waals surface area (Å²) in [6.45, 7) is 4.43. The Hall–Kier alpha value is -1.12. The predicted octanol–water partition coefficient (Wildman–Crippen LogP) is -0.652. The van der Waals surface area contributed by atoms with Crippen LogP contribution in [0.4, 0.5) is 5.82 Å². The summed E-state index contributed by atoms with van der Waals surface area (Å²) in [5.41, 5.74) is 5.49. The summed E-state index contributed by atoms with van der Waals surface area (Å²) in [6, 6.07) is 1.69. The summed E-state index contributed by atoms with van der Waals surface area (Å²) in [4.78, 5) is 0. The second-order valence-electron chi connectivity index (χ2n) is 3.90. The molecule has 0 aliphatic carbocycles. The quantitative estimate of drug-likeness (QED) is 0.778. The van der Waals surface area contributed by atoms with Crippen LogP contribution >= 0.6 is 0 Å². The molecule has 1 aliphatic heterocycles. The van der Waals surface area contributed by atoms with Gasteiger partial charge in [-0.25, -0.2) is 0 Å². The van der Waals surface area contributed by atoms with E-state index >= 15 is 0 Å². The van der Waals surface area contributed by atoms with E-state index in [1.54, 1.807) is 16.9 Å². The molecule has 0 aromatic carbocycles. The van der Waals surface area contributed by atoms with Gasteiger partial charge in [0.1, 0.15) is 5.82 Å². The molecule has 0 unspecified atom stereocenters. The van der Waals surface area contributed by atoms with Gasteiger partial charge in [0.2, 0.25) is 0 Å². The molecule has 8 heteroatoms. The first-order valence-electron chi connectivity index (χ1n) is 5.58. The lowest BCUT2D eigenvalue weighted by atomic mass is 10.5. The van der Waals surface area contributed by atoms with Gasteiger partial charge in [-0.3, -0.25) is 4.68 Å². The first kappa shape index (κ1) is 12.3. The van der Waals surface area contributed by atoms with Crippen molar-refractivity contribution in [2.75, 3.05) is 31.9 Å². The average molecular weight is 259 g/mol. The monoisotopic (exact) mass is 259 g/mol. The van der Waals surface area contributed by atoms with Gasteiger partial charge in [0, 0.05) is 32.4 Å². The number of aromatic nitrogens is 2. The molecule has 2 rings (SSSR count). The number of hydrogen-bond donors (Lipinski definition) is 1. The molecular weight excluding hydrogens is 242 g/mol. The maximum absolute atomic E-state index is 11.9. The van der Waals surface area contributed by atoms with Gasteiger partial charge < -0.3 is 5.73 Å². The molecule has 0 radical (unpaired) electrons. The Morgan fingerprint density at radius 1 is 1.35 bits per heavy atom. The van der Waals surface area contributed by atoms with Crippen LogP contribution in [0, 0.1) is 0 Å². The summed E-state index contributed by atoms with van der Waals surface area (Å²) < 4.78 is 28.5. The standard InChI is InChI=1S/C9H17N5O2S/c1-2-13-7-8-14(17(13,15)16)6-5-12-4-3-9(10)11-12/h3-4H,2,5-8H2,1H3,(H2,10,11). The molecular formula is C9H17N5O2S. The summed E-state index contributed by atoms with van der Waals surface area (Å²) in [6.07, 6.45) is 1.75. The van der Waals surface area contributed by atoms with Crippen LogP contribution in [0.1, 0.15) is 6.92 Å². The zero-order valence-electron chi connectivity index (χ0n) is 9.78. The van der Waals surface area contributed by atoms with Crippen LogP contribution in [0.15, 0.2) is 12.3 Å². The number of anilines is 1. The lowest BCUT2D eigenvalue weighted by molar-refractivity contribution is 0.414. The topological polar surface area (TPSA) is 84.5 Å². The lowest BCUT2D eigenvalue weighted by Crippen LogP contribution is -2.34. The summed E-state index contributed by atoms with van der Waals surface area (Å²) in [7, 11) is -3.25. The summed E-state index contributed by atoms with van der Waals surface area (Å²) in [5, 5.41) is 4.02. The van der Waals surface area contributed by atoms with E-state index in [4.69, 9.17) is 5.73 Å². The number of nitrogen functional groups attached to an aromatic ring is 1. The van der Waals surface area contributed by atoms with Crippen LogP contribution in [0.5, 0.6) is 0 Å². The maximum atomic E-state index is 11.9. The van der Waals surface area contributed by atoms with Crippen molar-refractivity contribution in [1.29, 1.82) is 0 Å². The molecule has 0 amide bonds. The van der Waals surface area contributed by atoms with Crippen LogP contribution in [0.3, 0.4) is 0 Å². The number of likely N-dealkylation sites (N-methyl/N-ethyl adjacent to an activating group) is 1. The highest BCUT2D eigenvalue weighted by Crippen LogP contribution is 2.15. The Kier molecular flexibility index (Phi) is 3.36. The molecule has 2 N–H and O–H groups in total. The normalized spacial score (nSPS) is 21.0. The van der Waals surface area contributed by atoms with E-state index in [0.717, 1.165) is 0 Å². The van der Waals surface area contributed by atoms with Gasteiger partial charge in [-0.2, -0.15) is 22.1 Å². The molecule has 1 saturated heterocycles. The minimum Gasteiger partial charge on any atom is -0.382 e. The molecule has 17 heavy (non-hydrogen) atoms. The number of nitrogens with zero attached hydrogens (tertiary/aromatic N) is 4. The summed E-state index contributed by atoms with van der Waals surface area (Å²) >= 11 is 0. The number of hydrogen-bond acceptors (Lipinski definition) is 4. The average Bonchev–Trinajstić information content (AvgIpc) is 2.79. The van der Waals surface area contributed by atoms with Crippen molar-refractivity contribution in [3.63, 3.8) is 0 Å². The second kappa shape index (κ2) is 4.63. The molecule has 2 heterocycles. The van der Waals surface area contributed by atoms with Crippen LogP contribution in [-0.2, 0) is 16.8 Å². The molecule has 7 nitrogen and oxygen atoms in total. The third-order valence-electron chi connectivity index (χ3n) is 2.84. The predicted molar refractivity (Wildman–Crippen MR) is 64.4 cm³/mol. The molecule has 1 fully saturated rings. The van der Waals surface area contributed by atoms with Crippen LogP contribution < -0.4 is 5.73 Å². The fourth-order valence-corrected chi connectivity index (χ4v) is 3.47. The molecule has 1 aliphatic rings. The Balaban J connectivity index is 1.97. The van der Waals surface area contributed by atoms with E-state index in [1.807, 2.05) is 6.92 Å². The molecule has 0 atom stereocenters. The van der Waals surface area contributed by atoms with Crippen molar-refractivity contribution in [2.24, 2.45) is 0 Å². The third-order valence-corrected chi connectivity index (χ3v) is 4.95. The highest BCUT2D eigenvalue weighted by molar-refractivity contribution is 7.87. The zero-order chi connectivity index (χ0) is 12.5. The molecule has 96 valence electrons. The molecule has 1 aromatic rings. The van der Waals surface area contributed by atoms with Crippen molar-refractivity contribution in [3.8, 4) is 0 Å². The molecule has 0 spiro atoms. The van der Waals surface area contributed by atoms with Gasteiger partial charge in [0.25, 0.3) is 10.2 Å². The van der Waals surface area contributed by atoms with Crippen molar-refractivity contribution >= 4 is 16.0 Å². The Morgan fingerprint density at radius 2 is 2.06 bits per heavy atom. The van der Waals surface area contributed by atoms with E-state index in [2.05, 4.69) is 5.10 Å². The van der Waals surface area contributed by atoms with Crippen molar-refractivity contribution < 1.29 is 8.42 Å². The smallest absolute Gasteiger partial charge is 0.282 e. The second-order valence-corrected chi connectivity index (χ2v) is 5.83. The van der Waals surface area contributed by atoms with E-state index in [1.165, 1.54) is 8.61 Å². The minimum absolute atomic E-state index is 0.431. The highest BCUT2D eigenvalue weighted by atomic mass is 32.2. The van der Waals surface area contributed by atoms with Crippen molar-refractivity contribution in [1.82, 2.24) is 18.4 Å². The van der Waals surface area contributed by atoms with Crippen LogP contribution in [0.25, 0.3) is 0 Å². The van der Waals surface area contributed by atoms with Gasteiger partial charge in [0.05, 0.1) is 6.54 Å². The van der Waals surface area contributed by atoms with Gasteiger partial charge in [0.15, 0.2) is 0 Å². The maximum Gasteiger partial charge on any atom is 0.282 e. The largest absolute Gasteiger partial charge is 0.382 e. The SMILES string of the molecule is CCN1CCN(CCn2ccc(N)n2)S1(=O)=O. The number of nitrogens with two attached hydrogens (primary N) is 1. The fraction of sp³-hybridized carbons (Fsp3) is 0.667. The van der Waals surface area contributed by atoms with E-state index < -0.39 is 10.2 Å². The molecule has 0 bridgehead atoms. The fourth-order valence-electron chi connectivity index (χ4n) is 1.88. The minimum atomic E-state index is -3.25.